The first kappa shape index (κ1) is 12.4. The van der Waals surface area contributed by atoms with E-state index in [0.717, 1.165) is 30.1 Å². The highest BCUT2D eigenvalue weighted by Crippen LogP contribution is 2.48. The lowest BCUT2D eigenvalue weighted by atomic mass is 9.70. The van der Waals surface area contributed by atoms with E-state index in [2.05, 4.69) is 13.8 Å². The van der Waals surface area contributed by atoms with Crippen LogP contribution in [0.4, 0.5) is 0 Å². The van der Waals surface area contributed by atoms with E-state index in [1.54, 1.807) is 0 Å². The summed E-state index contributed by atoms with van der Waals surface area (Å²) in [6, 6.07) is 0.871. The van der Waals surface area contributed by atoms with Crippen LogP contribution >= 0.6 is 0 Å². The van der Waals surface area contributed by atoms with Crippen LogP contribution in [0.3, 0.4) is 0 Å². The van der Waals surface area contributed by atoms with Gasteiger partial charge in [0.2, 0.25) is 0 Å². The maximum Gasteiger partial charge on any atom is 0.00727 e. The molecule has 16 heavy (non-hydrogen) atoms. The van der Waals surface area contributed by atoms with E-state index in [-0.39, 0.29) is 0 Å². The standard InChI is InChI=1S/C14H28N2/c1-3-9-8-14(16)12-7-10(13(15)4-2)5-6-11(9)12/h9-14H,3-8,15-16H2,1-2H3. The second-order valence-corrected chi connectivity index (χ2v) is 6.04. The van der Waals surface area contributed by atoms with Crippen molar-refractivity contribution in [2.45, 2.75) is 64.5 Å². The molecule has 2 saturated carbocycles. The third kappa shape index (κ3) is 2.14. The quantitative estimate of drug-likeness (QED) is 0.774. The van der Waals surface area contributed by atoms with Gasteiger partial charge in [0.25, 0.3) is 0 Å². The van der Waals surface area contributed by atoms with Crippen LogP contribution in [-0.2, 0) is 0 Å². The normalized spacial score (nSPS) is 45.4. The molecule has 94 valence electrons. The second kappa shape index (κ2) is 5.05. The summed E-state index contributed by atoms with van der Waals surface area (Å²) in [5.74, 6) is 3.34. The van der Waals surface area contributed by atoms with Gasteiger partial charge in [-0.15, -0.1) is 0 Å². The summed E-state index contributed by atoms with van der Waals surface area (Å²) in [4.78, 5) is 0. The molecule has 0 radical (unpaired) electrons. The first-order chi connectivity index (χ1) is 7.67. The van der Waals surface area contributed by atoms with Crippen molar-refractivity contribution in [3.63, 3.8) is 0 Å². The molecule has 0 amide bonds. The van der Waals surface area contributed by atoms with E-state index in [4.69, 9.17) is 11.5 Å². The van der Waals surface area contributed by atoms with Crippen LogP contribution in [0, 0.1) is 23.7 Å². The van der Waals surface area contributed by atoms with Crippen molar-refractivity contribution in [3.05, 3.63) is 0 Å². The van der Waals surface area contributed by atoms with Gasteiger partial charge in [-0.05, 0) is 55.8 Å². The largest absolute Gasteiger partial charge is 0.327 e. The molecule has 0 spiro atoms. The summed E-state index contributed by atoms with van der Waals surface area (Å²) >= 11 is 0. The van der Waals surface area contributed by atoms with E-state index in [9.17, 15) is 0 Å². The molecule has 0 aromatic carbocycles. The molecule has 0 saturated heterocycles. The van der Waals surface area contributed by atoms with E-state index in [1.165, 1.54) is 32.1 Å². The molecule has 2 heteroatoms. The molecule has 2 aliphatic carbocycles. The fourth-order valence-electron chi connectivity index (χ4n) is 4.23. The van der Waals surface area contributed by atoms with Gasteiger partial charge in [0.15, 0.2) is 0 Å². The molecule has 6 unspecified atom stereocenters. The van der Waals surface area contributed by atoms with E-state index < -0.39 is 0 Å². The highest BCUT2D eigenvalue weighted by molar-refractivity contribution is 4.97. The summed E-state index contributed by atoms with van der Waals surface area (Å²) < 4.78 is 0. The molecule has 0 aromatic heterocycles. The zero-order chi connectivity index (χ0) is 11.7. The predicted octanol–water partition coefficient (Wildman–Crippen LogP) is 2.51. The molecule has 0 bridgehead atoms. The van der Waals surface area contributed by atoms with Gasteiger partial charge in [-0.2, -0.15) is 0 Å². The highest BCUT2D eigenvalue weighted by Gasteiger charge is 2.44. The van der Waals surface area contributed by atoms with Gasteiger partial charge in [0.1, 0.15) is 0 Å². The molecule has 6 atom stereocenters. The van der Waals surface area contributed by atoms with Gasteiger partial charge < -0.3 is 11.5 Å². The average Bonchev–Trinajstić information content (AvgIpc) is 2.64. The number of fused-ring (bicyclic) bond motifs is 1. The molecule has 2 nitrogen and oxygen atoms in total. The van der Waals surface area contributed by atoms with Crippen molar-refractivity contribution in [3.8, 4) is 0 Å². The molecular formula is C14H28N2. The van der Waals surface area contributed by atoms with Gasteiger partial charge in [-0.25, -0.2) is 0 Å². The molecule has 0 heterocycles. The zero-order valence-corrected chi connectivity index (χ0v) is 10.9. The molecule has 2 rings (SSSR count). The topological polar surface area (TPSA) is 52.0 Å². The third-order valence-electron chi connectivity index (χ3n) is 5.33. The first-order valence-corrected chi connectivity index (χ1v) is 7.18. The Balaban J connectivity index is 1.99. The Bertz CT molecular complexity index is 229. The number of hydrogen-bond donors (Lipinski definition) is 2. The van der Waals surface area contributed by atoms with Crippen molar-refractivity contribution >= 4 is 0 Å². The van der Waals surface area contributed by atoms with Crippen molar-refractivity contribution in [2.75, 3.05) is 0 Å². The number of rotatable bonds is 3. The first-order valence-electron chi connectivity index (χ1n) is 7.18. The van der Waals surface area contributed by atoms with Crippen molar-refractivity contribution in [1.29, 1.82) is 0 Å². The molecule has 2 fully saturated rings. The van der Waals surface area contributed by atoms with Gasteiger partial charge in [-0.3, -0.25) is 0 Å². The Morgan fingerprint density at radius 1 is 1.12 bits per heavy atom. The Hall–Kier alpha value is -0.0800. The lowest BCUT2D eigenvalue weighted by molar-refractivity contribution is 0.149. The minimum atomic E-state index is 0.411. The highest BCUT2D eigenvalue weighted by atomic mass is 14.7. The third-order valence-corrected chi connectivity index (χ3v) is 5.33. The molecule has 4 N–H and O–H groups in total. The summed E-state index contributed by atoms with van der Waals surface area (Å²) in [5.41, 5.74) is 12.5. The Morgan fingerprint density at radius 2 is 1.88 bits per heavy atom. The van der Waals surface area contributed by atoms with E-state index >= 15 is 0 Å². The average molecular weight is 224 g/mol. The van der Waals surface area contributed by atoms with E-state index in [0.29, 0.717) is 12.1 Å². The van der Waals surface area contributed by atoms with Crippen LogP contribution in [-0.4, -0.2) is 12.1 Å². The van der Waals surface area contributed by atoms with Crippen molar-refractivity contribution < 1.29 is 0 Å². The zero-order valence-electron chi connectivity index (χ0n) is 10.9. The van der Waals surface area contributed by atoms with Gasteiger partial charge >= 0.3 is 0 Å². The fraction of sp³-hybridized carbons (Fsp3) is 1.00. The van der Waals surface area contributed by atoms with Crippen LogP contribution in [0.1, 0.15) is 52.4 Å². The molecule has 0 aromatic rings. The fourth-order valence-corrected chi connectivity index (χ4v) is 4.23. The van der Waals surface area contributed by atoms with Crippen molar-refractivity contribution in [2.24, 2.45) is 35.1 Å². The summed E-state index contributed by atoms with van der Waals surface area (Å²) in [7, 11) is 0. The van der Waals surface area contributed by atoms with Gasteiger partial charge in [-0.1, -0.05) is 20.3 Å². The van der Waals surface area contributed by atoms with Crippen LogP contribution in [0.15, 0.2) is 0 Å². The predicted molar refractivity (Wildman–Crippen MR) is 69.0 cm³/mol. The lowest BCUT2D eigenvalue weighted by Crippen LogP contribution is -2.39. The van der Waals surface area contributed by atoms with Crippen LogP contribution in [0.5, 0.6) is 0 Å². The summed E-state index contributed by atoms with van der Waals surface area (Å²) in [5, 5.41) is 0. The maximum atomic E-state index is 6.32. The Kier molecular flexibility index (Phi) is 3.91. The summed E-state index contributed by atoms with van der Waals surface area (Å²) in [6.45, 7) is 4.53. The monoisotopic (exact) mass is 224 g/mol. The van der Waals surface area contributed by atoms with Gasteiger partial charge in [0, 0.05) is 12.1 Å². The van der Waals surface area contributed by atoms with Gasteiger partial charge in [0.05, 0.1) is 0 Å². The van der Waals surface area contributed by atoms with Crippen LogP contribution < -0.4 is 11.5 Å². The minimum absolute atomic E-state index is 0.411. The molecule has 0 aliphatic heterocycles. The molecule has 2 aliphatic rings. The van der Waals surface area contributed by atoms with E-state index in [1.807, 2.05) is 0 Å². The Labute approximate surface area is 100 Å². The minimum Gasteiger partial charge on any atom is -0.327 e. The number of hydrogen-bond acceptors (Lipinski definition) is 2. The number of nitrogens with two attached hydrogens (primary N) is 2. The lowest BCUT2D eigenvalue weighted by Gasteiger charge is -2.37. The van der Waals surface area contributed by atoms with Crippen LogP contribution in [0.2, 0.25) is 0 Å². The second-order valence-electron chi connectivity index (χ2n) is 6.04. The van der Waals surface area contributed by atoms with Crippen molar-refractivity contribution in [1.82, 2.24) is 0 Å². The maximum absolute atomic E-state index is 6.32. The molecular weight excluding hydrogens is 196 g/mol. The SMILES string of the molecule is CCC(N)C1CCC2C(CC)CC(N)C2C1. The van der Waals surface area contributed by atoms with Crippen LogP contribution in [0.25, 0.3) is 0 Å². The smallest absolute Gasteiger partial charge is 0.00727 e. The Morgan fingerprint density at radius 3 is 2.50 bits per heavy atom. The summed E-state index contributed by atoms with van der Waals surface area (Å²) in [6.07, 6.45) is 7.74.